The Labute approximate surface area is 126 Å². The van der Waals surface area contributed by atoms with Crippen LogP contribution in [0.2, 0.25) is 0 Å². The van der Waals surface area contributed by atoms with Gasteiger partial charge >= 0.3 is 0 Å². The number of aliphatic hydroxyl groups is 1. The average Bonchev–Trinajstić information content (AvgIpc) is 2.79. The molecule has 2 rings (SSSR count). The molecule has 0 bridgehead atoms. The molecule has 0 fully saturated rings. The fraction of sp³-hybridized carbons (Fsp3) is 0.500. The fourth-order valence-corrected chi connectivity index (χ4v) is 2.54. The highest BCUT2D eigenvalue weighted by Crippen LogP contribution is 2.14. The van der Waals surface area contributed by atoms with Crippen LogP contribution in [0, 0.1) is 6.92 Å². The van der Waals surface area contributed by atoms with Crippen molar-refractivity contribution in [1.82, 2.24) is 19.7 Å². The van der Waals surface area contributed by atoms with Crippen LogP contribution in [0.1, 0.15) is 30.4 Å². The zero-order chi connectivity index (χ0) is 15.2. The van der Waals surface area contributed by atoms with Crippen molar-refractivity contribution in [3.8, 4) is 0 Å². The summed E-state index contributed by atoms with van der Waals surface area (Å²) in [6.07, 6.45) is 2.71. The van der Waals surface area contributed by atoms with Gasteiger partial charge in [0.05, 0.1) is 23.7 Å². The summed E-state index contributed by atoms with van der Waals surface area (Å²) in [6.45, 7) is 5.73. The summed E-state index contributed by atoms with van der Waals surface area (Å²) in [5, 5.41) is 14.0. The topological polar surface area (TPSA) is 54.2 Å². The number of aromatic nitrogens is 3. The van der Waals surface area contributed by atoms with Gasteiger partial charge < -0.3 is 5.11 Å². The lowest BCUT2D eigenvalue weighted by molar-refractivity contribution is 0.103. The summed E-state index contributed by atoms with van der Waals surface area (Å²) < 4.78 is 1.91. The largest absolute Gasteiger partial charge is 0.395 e. The van der Waals surface area contributed by atoms with Crippen LogP contribution in [-0.2, 0) is 20.1 Å². The van der Waals surface area contributed by atoms with E-state index in [1.54, 1.807) is 0 Å². The van der Waals surface area contributed by atoms with Crippen LogP contribution in [-0.4, -0.2) is 37.4 Å². The van der Waals surface area contributed by atoms with Crippen LogP contribution in [0.4, 0.5) is 0 Å². The Morgan fingerprint density at radius 1 is 1.33 bits per heavy atom. The molecular formula is C16H24N4O. The molecule has 2 heterocycles. The van der Waals surface area contributed by atoms with Crippen molar-refractivity contribution in [3.63, 3.8) is 0 Å². The molecule has 2 aromatic heterocycles. The van der Waals surface area contributed by atoms with Crippen molar-refractivity contribution in [1.29, 1.82) is 0 Å². The Balaban J connectivity index is 2.17. The molecule has 2 aromatic rings. The average molecular weight is 288 g/mol. The van der Waals surface area contributed by atoms with E-state index in [1.165, 1.54) is 0 Å². The first-order valence-corrected chi connectivity index (χ1v) is 7.38. The van der Waals surface area contributed by atoms with E-state index in [0.29, 0.717) is 0 Å². The SMILES string of the molecule is CC[C@@H](CO)N(Cc1ccccn1)Cc1cc(C)nn1C. The third kappa shape index (κ3) is 4.12. The molecule has 114 valence electrons. The summed E-state index contributed by atoms with van der Waals surface area (Å²) in [5.74, 6) is 0. The summed E-state index contributed by atoms with van der Waals surface area (Å²) in [4.78, 5) is 6.66. The van der Waals surface area contributed by atoms with Gasteiger partial charge in [-0.05, 0) is 31.5 Å². The van der Waals surface area contributed by atoms with Gasteiger partial charge in [-0.1, -0.05) is 13.0 Å². The fourth-order valence-electron chi connectivity index (χ4n) is 2.54. The number of rotatable bonds is 7. The van der Waals surface area contributed by atoms with Crippen LogP contribution in [0.3, 0.4) is 0 Å². The Morgan fingerprint density at radius 3 is 2.67 bits per heavy atom. The van der Waals surface area contributed by atoms with Crippen molar-refractivity contribution in [2.75, 3.05) is 6.61 Å². The van der Waals surface area contributed by atoms with Gasteiger partial charge in [-0.25, -0.2) is 0 Å². The molecule has 0 radical (unpaired) electrons. The lowest BCUT2D eigenvalue weighted by Gasteiger charge is -2.29. The molecule has 21 heavy (non-hydrogen) atoms. The van der Waals surface area contributed by atoms with Gasteiger partial charge in [-0.15, -0.1) is 0 Å². The lowest BCUT2D eigenvalue weighted by Crippen LogP contribution is -2.37. The number of aryl methyl sites for hydroxylation is 2. The third-order valence-corrected chi connectivity index (χ3v) is 3.75. The molecule has 5 heteroatoms. The maximum absolute atomic E-state index is 9.64. The second-order valence-corrected chi connectivity index (χ2v) is 5.37. The maximum atomic E-state index is 9.64. The normalized spacial score (nSPS) is 12.8. The molecule has 0 spiro atoms. The van der Waals surface area contributed by atoms with Crippen molar-refractivity contribution in [2.45, 2.75) is 39.4 Å². The van der Waals surface area contributed by atoms with Gasteiger partial charge in [0.25, 0.3) is 0 Å². The summed E-state index contributed by atoms with van der Waals surface area (Å²) in [6, 6.07) is 8.15. The van der Waals surface area contributed by atoms with Gasteiger partial charge in [-0.2, -0.15) is 5.10 Å². The van der Waals surface area contributed by atoms with E-state index in [0.717, 1.165) is 36.6 Å². The monoisotopic (exact) mass is 288 g/mol. The van der Waals surface area contributed by atoms with Gasteiger partial charge in [0, 0.05) is 32.4 Å². The van der Waals surface area contributed by atoms with Crippen molar-refractivity contribution < 1.29 is 5.11 Å². The Morgan fingerprint density at radius 2 is 2.14 bits per heavy atom. The maximum Gasteiger partial charge on any atom is 0.0597 e. The molecule has 1 atom stereocenters. The first-order chi connectivity index (χ1) is 10.1. The zero-order valence-corrected chi connectivity index (χ0v) is 13.0. The van der Waals surface area contributed by atoms with E-state index < -0.39 is 0 Å². The molecule has 1 N–H and O–H groups in total. The lowest BCUT2D eigenvalue weighted by atomic mass is 10.1. The van der Waals surface area contributed by atoms with Crippen LogP contribution in [0.25, 0.3) is 0 Å². The number of hydrogen-bond donors (Lipinski definition) is 1. The first-order valence-electron chi connectivity index (χ1n) is 7.38. The zero-order valence-electron chi connectivity index (χ0n) is 13.0. The quantitative estimate of drug-likeness (QED) is 0.845. The van der Waals surface area contributed by atoms with E-state index in [1.807, 2.05) is 43.0 Å². The second kappa shape index (κ2) is 7.33. The molecule has 0 aromatic carbocycles. The predicted octanol–water partition coefficient (Wildman–Crippen LogP) is 1.90. The van der Waals surface area contributed by atoms with E-state index in [-0.39, 0.29) is 12.6 Å². The van der Waals surface area contributed by atoms with Gasteiger partial charge in [0.1, 0.15) is 0 Å². The van der Waals surface area contributed by atoms with E-state index >= 15 is 0 Å². The third-order valence-electron chi connectivity index (χ3n) is 3.75. The van der Waals surface area contributed by atoms with Crippen molar-refractivity contribution in [3.05, 3.63) is 47.5 Å². The standard InChI is InChI=1S/C16H24N4O/c1-4-15(12-21)20(10-14-7-5-6-8-17-14)11-16-9-13(2)18-19(16)3/h5-9,15,21H,4,10-12H2,1-3H3/t15-/m0/s1. The van der Waals surface area contributed by atoms with Gasteiger partial charge in [0.2, 0.25) is 0 Å². The van der Waals surface area contributed by atoms with Crippen LogP contribution >= 0.6 is 0 Å². The molecule has 0 aliphatic rings. The molecule has 0 unspecified atom stereocenters. The number of nitrogens with zero attached hydrogens (tertiary/aromatic N) is 4. The van der Waals surface area contributed by atoms with Crippen LogP contribution < -0.4 is 0 Å². The minimum atomic E-state index is 0.127. The molecule has 0 saturated carbocycles. The van der Waals surface area contributed by atoms with Crippen molar-refractivity contribution in [2.24, 2.45) is 7.05 Å². The number of aliphatic hydroxyl groups excluding tert-OH is 1. The summed E-state index contributed by atoms with van der Waals surface area (Å²) >= 11 is 0. The van der Waals surface area contributed by atoms with Crippen molar-refractivity contribution >= 4 is 0 Å². The molecule has 0 saturated heterocycles. The van der Waals surface area contributed by atoms with E-state index in [9.17, 15) is 5.11 Å². The number of hydrogen-bond acceptors (Lipinski definition) is 4. The highest BCUT2D eigenvalue weighted by atomic mass is 16.3. The molecule has 5 nitrogen and oxygen atoms in total. The molecule has 0 aliphatic heterocycles. The van der Waals surface area contributed by atoms with Gasteiger partial charge in [-0.3, -0.25) is 14.6 Å². The predicted molar refractivity (Wildman–Crippen MR) is 82.6 cm³/mol. The first kappa shape index (κ1) is 15.7. The highest BCUT2D eigenvalue weighted by Gasteiger charge is 2.19. The van der Waals surface area contributed by atoms with E-state index in [2.05, 4.69) is 28.0 Å². The Hall–Kier alpha value is -1.72. The smallest absolute Gasteiger partial charge is 0.0597 e. The van der Waals surface area contributed by atoms with Gasteiger partial charge in [0.15, 0.2) is 0 Å². The molecule has 0 aliphatic carbocycles. The van der Waals surface area contributed by atoms with E-state index in [4.69, 9.17) is 0 Å². The Bertz CT molecular complexity index is 549. The molecule has 0 amide bonds. The number of pyridine rings is 1. The minimum Gasteiger partial charge on any atom is -0.395 e. The van der Waals surface area contributed by atoms with Crippen LogP contribution in [0.15, 0.2) is 30.5 Å². The summed E-state index contributed by atoms with van der Waals surface area (Å²) in [5.41, 5.74) is 3.18. The second-order valence-electron chi connectivity index (χ2n) is 5.37. The highest BCUT2D eigenvalue weighted by molar-refractivity contribution is 5.10. The molecular weight excluding hydrogens is 264 g/mol. The Kier molecular flexibility index (Phi) is 5.47. The minimum absolute atomic E-state index is 0.127. The summed E-state index contributed by atoms with van der Waals surface area (Å²) in [7, 11) is 1.96. The van der Waals surface area contributed by atoms with Crippen LogP contribution in [0.5, 0.6) is 0 Å².